The molecule has 1 unspecified atom stereocenters. The maximum Gasteiger partial charge on any atom is 0.267 e. The van der Waals surface area contributed by atoms with E-state index in [-0.39, 0.29) is 11.8 Å². The Balaban J connectivity index is 1.49. The van der Waals surface area contributed by atoms with Crippen LogP contribution in [0.4, 0.5) is 11.4 Å². The number of ether oxygens (including phenoxy) is 2. The third-order valence-corrected chi connectivity index (χ3v) is 6.09. The Labute approximate surface area is 190 Å². The summed E-state index contributed by atoms with van der Waals surface area (Å²) in [5.74, 6) is 0.164. The van der Waals surface area contributed by atoms with Gasteiger partial charge in [0, 0.05) is 43.5 Å². The van der Waals surface area contributed by atoms with Gasteiger partial charge in [0.1, 0.15) is 5.75 Å². The molecular weight excluding hydrogens is 441 g/mol. The fraction of sp³-hybridized carbons (Fsp3) is 0.364. The van der Waals surface area contributed by atoms with Gasteiger partial charge in [0.05, 0.1) is 28.9 Å². The van der Waals surface area contributed by atoms with Gasteiger partial charge in [0.2, 0.25) is 0 Å². The largest absolute Gasteiger partial charge is 0.479 e. The van der Waals surface area contributed by atoms with Crippen LogP contribution in [0, 0.1) is 0 Å². The van der Waals surface area contributed by atoms with Crippen LogP contribution in [0.5, 0.6) is 5.75 Å². The summed E-state index contributed by atoms with van der Waals surface area (Å²) >= 11 is 11.9. The molecule has 0 spiro atoms. The summed E-state index contributed by atoms with van der Waals surface area (Å²) in [6.45, 7) is 6.21. The van der Waals surface area contributed by atoms with Crippen molar-refractivity contribution in [3.05, 3.63) is 52.0 Å². The van der Waals surface area contributed by atoms with Crippen LogP contribution in [0.25, 0.3) is 0 Å². The van der Waals surface area contributed by atoms with Crippen molar-refractivity contribution in [3.63, 3.8) is 0 Å². The summed E-state index contributed by atoms with van der Waals surface area (Å²) in [6, 6.07) is 9.98. The van der Waals surface area contributed by atoms with Gasteiger partial charge in [0.15, 0.2) is 6.10 Å². The second-order valence-corrected chi connectivity index (χ2v) is 8.28. The minimum Gasteiger partial charge on any atom is -0.479 e. The van der Waals surface area contributed by atoms with Gasteiger partial charge in [-0.25, -0.2) is 0 Å². The number of halogens is 2. The molecule has 164 valence electrons. The van der Waals surface area contributed by atoms with Crippen LogP contribution >= 0.6 is 23.2 Å². The number of carbonyl (C=O) groups excluding carboxylic acids is 2. The van der Waals surface area contributed by atoms with E-state index in [9.17, 15) is 9.59 Å². The van der Waals surface area contributed by atoms with Gasteiger partial charge < -0.3 is 19.7 Å². The van der Waals surface area contributed by atoms with Crippen LogP contribution in [-0.2, 0) is 9.53 Å². The number of morpholine rings is 1. The molecule has 9 heteroatoms. The zero-order chi connectivity index (χ0) is 22.0. The molecule has 0 aromatic heterocycles. The normalized spacial score (nSPS) is 19.0. The van der Waals surface area contributed by atoms with Crippen molar-refractivity contribution in [2.45, 2.75) is 13.0 Å². The lowest BCUT2D eigenvalue weighted by Gasteiger charge is -2.35. The predicted octanol–water partition coefficient (Wildman–Crippen LogP) is 3.69. The fourth-order valence-electron chi connectivity index (χ4n) is 3.63. The van der Waals surface area contributed by atoms with Crippen LogP contribution in [0.1, 0.15) is 17.3 Å². The van der Waals surface area contributed by atoms with Gasteiger partial charge in [-0.3, -0.25) is 14.5 Å². The van der Waals surface area contributed by atoms with Crippen LogP contribution in [-0.4, -0.2) is 62.2 Å². The standard InChI is InChI=1S/C22H23Cl2N3O4/c1-14-22(29)27(7-6-26-8-10-30-11-9-26)19-5-3-16(13-20(19)31-14)25-21(28)15-2-4-17(23)18(24)12-15/h2-5,12-14H,6-11H2,1H3,(H,25,28). The Morgan fingerprint density at radius 3 is 2.61 bits per heavy atom. The molecule has 2 aromatic rings. The number of hydrogen-bond donors (Lipinski definition) is 1. The first-order valence-corrected chi connectivity index (χ1v) is 10.9. The smallest absolute Gasteiger partial charge is 0.267 e. The highest BCUT2D eigenvalue weighted by atomic mass is 35.5. The summed E-state index contributed by atoms with van der Waals surface area (Å²) in [4.78, 5) is 29.3. The molecule has 4 rings (SSSR count). The van der Waals surface area contributed by atoms with E-state index in [2.05, 4.69) is 10.2 Å². The average Bonchev–Trinajstić information content (AvgIpc) is 2.76. The van der Waals surface area contributed by atoms with Gasteiger partial charge in [-0.05, 0) is 37.3 Å². The summed E-state index contributed by atoms with van der Waals surface area (Å²) in [7, 11) is 0. The molecule has 0 saturated carbocycles. The molecular formula is C22H23Cl2N3O4. The van der Waals surface area contributed by atoms with E-state index in [4.69, 9.17) is 32.7 Å². The molecule has 1 N–H and O–H groups in total. The van der Waals surface area contributed by atoms with Crippen LogP contribution in [0.3, 0.4) is 0 Å². The maximum absolute atomic E-state index is 12.7. The quantitative estimate of drug-likeness (QED) is 0.731. The molecule has 1 fully saturated rings. The lowest BCUT2D eigenvalue weighted by molar-refractivity contribution is -0.125. The summed E-state index contributed by atoms with van der Waals surface area (Å²) in [5.41, 5.74) is 1.65. The molecule has 2 aromatic carbocycles. The highest BCUT2D eigenvalue weighted by Gasteiger charge is 2.32. The summed E-state index contributed by atoms with van der Waals surface area (Å²) in [6.07, 6.45) is -0.599. The molecule has 0 bridgehead atoms. The van der Waals surface area contributed by atoms with Crippen molar-refractivity contribution in [2.24, 2.45) is 0 Å². The zero-order valence-electron chi connectivity index (χ0n) is 17.1. The minimum absolute atomic E-state index is 0.0756. The Morgan fingerprint density at radius 1 is 1.10 bits per heavy atom. The van der Waals surface area contributed by atoms with E-state index >= 15 is 0 Å². The molecule has 2 amide bonds. The van der Waals surface area contributed by atoms with E-state index in [1.165, 1.54) is 6.07 Å². The van der Waals surface area contributed by atoms with Gasteiger partial charge in [-0.1, -0.05) is 23.2 Å². The fourth-order valence-corrected chi connectivity index (χ4v) is 3.92. The molecule has 31 heavy (non-hydrogen) atoms. The van der Waals surface area contributed by atoms with E-state index in [0.717, 1.165) is 19.6 Å². The SMILES string of the molecule is CC1Oc2cc(NC(=O)c3ccc(Cl)c(Cl)c3)ccc2N(CCN2CCOCC2)C1=O. The van der Waals surface area contributed by atoms with Crippen molar-refractivity contribution in [1.82, 2.24) is 4.90 Å². The van der Waals surface area contributed by atoms with E-state index in [1.54, 1.807) is 42.2 Å². The lowest BCUT2D eigenvalue weighted by Crippen LogP contribution is -2.48. The average molecular weight is 464 g/mol. The number of benzene rings is 2. The number of hydrogen-bond acceptors (Lipinski definition) is 5. The number of rotatable bonds is 5. The number of nitrogens with one attached hydrogen (secondary N) is 1. The first-order chi connectivity index (χ1) is 14.9. The minimum atomic E-state index is -0.599. The number of fused-ring (bicyclic) bond motifs is 1. The number of amides is 2. The Kier molecular flexibility index (Phi) is 6.67. The van der Waals surface area contributed by atoms with Crippen LogP contribution in [0.15, 0.2) is 36.4 Å². The second kappa shape index (κ2) is 9.44. The highest BCUT2D eigenvalue weighted by molar-refractivity contribution is 6.42. The topological polar surface area (TPSA) is 71.1 Å². The van der Waals surface area contributed by atoms with Crippen LogP contribution in [0.2, 0.25) is 10.0 Å². The lowest BCUT2D eigenvalue weighted by atomic mass is 10.1. The number of anilines is 2. The van der Waals surface area contributed by atoms with Gasteiger partial charge in [-0.15, -0.1) is 0 Å². The Bertz CT molecular complexity index is 995. The van der Waals surface area contributed by atoms with Crippen molar-refractivity contribution >= 4 is 46.4 Å². The van der Waals surface area contributed by atoms with E-state index in [0.29, 0.717) is 52.5 Å². The van der Waals surface area contributed by atoms with Crippen molar-refractivity contribution in [2.75, 3.05) is 49.6 Å². The first kappa shape index (κ1) is 21.9. The van der Waals surface area contributed by atoms with Gasteiger partial charge >= 0.3 is 0 Å². The van der Waals surface area contributed by atoms with E-state index in [1.807, 2.05) is 0 Å². The Hall–Kier alpha value is -2.32. The van der Waals surface area contributed by atoms with Crippen LogP contribution < -0.4 is 15.0 Å². The molecule has 1 saturated heterocycles. The molecule has 2 aliphatic heterocycles. The molecule has 1 atom stereocenters. The summed E-state index contributed by atoms with van der Waals surface area (Å²) in [5, 5.41) is 3.53. The van der Waals surface area contributed by atoms with Gasteiger partial charge in [0.25, 0.3) is 11.8 Å². The number of carbonyl (C=O) groups is 2. The Morgan fingerprint density at radius 2 is 1.87 bits per heavy atom. The maximum atomic E-state index is 12.7. The molecule has 2 aliphatic rings. The first-order valence-electron chi connectivity index (χ1n) is 10.1. The highest BCUT2D eigenvalue weighted by Crippen LogP contribution is 2.36. The number of nitrogens with zero attached hydrogens (tertiary/aromatic N) is 2. The van der Waals surface area contributed by atoms with Crippen molar-refractivity contribution < 1.29 is 19.1 Å². The molecule has 2 heterocycles. The molecule has 0 aliphatic carbocycles. The summed E-state index contributed by atoms with van der Waals surface area (Å²) < 4.78 is 11.2. The van der Waals surface area contributed by atoms with Gasteiger partial charge in [-0.2, -0.15) is 0 Å². The molecule has 7 nitrogen and oxygen atoms in total. The predicted molar refractivity (Wildman–Crippen MR) is 121 cm³/mol. The second-order valence-electron chi connectivity index (χ2n) is 7.47. The zero-order valence-corrected chi connectivity index (χ0v) is 18.6. The van der Waals surface area contributed by atoms with Crippen molar-refractivity contribution in [3.8, 4) is 5.75 Å². The monoisotopic (exact) mass is 463 g/mol. The van der Waals surface area contributed by atoms with Crippen molar-refractivity contribution in [1.29, 1.82) is 0 Å². The third kappa shape index (κ3) is 4.96. The molecule has 0 radical (unpaired) electrons. The third-order valence-electron chi connectivity index (χ3n) is 5.35. The van der Waals surface area contributed by atoms with E-state index < -0.39 is 6.10 Å².